The minimum absolute atomic E-state index is 0.0714. The van der Waals surface area contributed by atoms with Gasteiger partial charge in [-0.1, -0.05) is 36.4 Å². The highest BCUT2D eigenvalue weighted by molar-refractivity contribution is 6.36. The van der Waals surface area contributed by atoms with Crippen LogP contribution in [0.3, 0.4) is 0 Å². The van der Waals surface area contributed by atoms with Gasteiger partial charge >= 0.3 is 0 Å². The van der Waals surface area contributed by atoms with Gasteiger partial charge in [-0.25, -0.2) is 0 Å². The number of benzene rings is 2. The third kappa shape index (κ3) is 2.41. The van der Waals surface area contributed by atoms with Crippen LogP contribution in [0.2, 0.25) is 0 Å². The number of carbonyl (C=O) groups is 2. The number of likely N-dealkylation sites (N-methyl/N-ethyl adjacent to an activating group) is 1. The van der Waals surface area contributed by atoms with E-state index in [-0.39, 0.29) is 12.5 Å². The molecule has 0 saturated heterocycles. The second kappa shape index (κ2) is 5.63. The van der Waals surface area contributed by atoms with E-state index >= 15 is 0 Å². The fourth-order valence-corrected chi connectivity index (χ4v) is 3.35. The maximum absolute atomic E-state index is 12.6. The van der Waals surface area contributed by atoms with Crippen molar-refractivity contribution in [2.45, 2.75) is 6.54 Å². The molecule has 1 aliphatic rings. The lowest BCUT2D eigenvalue weighted by atomic mass is 10.0. The summed E-state index contributed by atoms with van der Waals surface area (Å²) in [6, 6.07) is 15.2. The molecule has 0 radical (unpaired) electrons. The molecule has 0 atom stereocenters. The summed E-state index contributed by atoms with van der Waals surface area (Å²) in [6.45, 7) is -0.228. The SMILES string of the molecule is CN1C(=O)/C(=C/c2cn(CC(=O)[O-])c3ccccc23)c2ccccc21. The first-order valence-corrected chi connectivity index (χ1v) is 7.93. The molecule has 0 spiro atoms. The molecule has 2 aromatic carbocycles. The topological polar surface area (TPSA) is 65.4 Å². The van der Waals surface area contributed by atoms with Crippen LogP contribution in [0.5, 0.6) is 0 Å². The Kier molecular flexibility index (Phi) is 3.42. The molecule has 0 N–H and O–H groups in total. The molecule has 4 rings (SSSR count). The Balaban J connectivity index is 1.90. The fourth-order valence-electron chi connectivity index (χ4n) is 3.35. The highest BCUT2D eigenvalue weighted by atomic mass is 16.4. The van der Waals surface area contributed by atoms with Gasteiger partial charge in [-0.05, 0) is 18.2 Å². The lowest BCUT2D eigenvalue weighted by molar-refractivity contribution is -0.306. The molecule has 2 heterocycles. The molecular formula is C20H15N2O3-. The number of amides is 1. The number of anilines is 1. The zero-order valence-electron chi connectivity index (χ0n) is 13.6. The lowest BCUT2D eigenvalue weighted by Crippen LogP contribution is -2.27. The maximum Gasteiger partial charge on any atom is 0.258 e. The van der Waals surface area contributed by atoms with Gasteiger partial charge in [0.15, 0.2) is 0 Å². The van der Waals surface area contributed by atoms with E-state index in [0.717, 1.165) is 27.7 Å². The predicted molar refractivity (Wildman–Crippen MR) is 94.7 cm³/mol. The van der Waals surface area contributed by atoms with Crippen LogP contribution in [0.4, 0.5) is 5.69 Å². The van der Waals surface area contributed by atoms with E-state index in [1.165, 1.54) is 0 Å². The Morgan fingerprint density at radius 2 is 1.84 bits per heavy atom. The van der Waals surface area contributed by atoms with Crippen LogP contribution in [0.25, 0.3) is 22.6 Å². The molecule has 1 aromatic heterocycles. The molecule has 1 amide bonds. The van der Waals surface area contributed by atoms with Gasteiger partial charge in [-0.15, -0.1) is 0 Å². The number of carboxylic acids is 1. The first kappa shape index (κ1) is 15.2. The van der Waals surface area contributed by atoms with Crippen molar-refractivity contribution in [1.29, 1.82) is 0 Å². The second-order valence-corrected chi connectivity index (χ2v) is 6.04. The van der Waals surface area contributed by atoms with Crippen LogP contribution in [-0.2, 0) is 16.1 Å². The lowest BCUT2D eigenvalue weighted by Gasteiger charge is -2.07. The predicted octanol–water partition coefficient (Wildman–Crippen LogP) is 1.91. The molecule has 5 nitrogen and oxygen atoms in total. The number of hydrogen-bond acceptors (Lipinski definition) is 3. The molecular weight excluding hydrogens is 316 g/mol. The van der Waals surface area contributed by atoms with Crippen molar-refractivity contribution in [1.82, 2.24) is 4.57 Å². The third-order valence-electron chi connectivity index (χ3n) is 4.51. The summed E-state index contributed by atoms with van der Waals surface area (Å²) in [5.74, 6) is -1.22. The molecule has 0 saturated carbocycles. The summed E-state index contributed by atoms with van der Waals surface area (Å²) < 4.78 is 1.63. The van der Waals surface area contributed by atoms with E-state index < -0.39 is 5.97 Å². The number of carboxylic acid groups (broad SMARTS) is 1. The smallest absolute Gasteiger partial charge is 0.258 e. The van der Waals surface area contributed by atoms with Gasteiger partial charge in [0, 0.05) is 40.8 Å². The Hall–Kier alpha value is -3.34. The summed E-state index contributed by atoms with van der Waals surface area (Å²) >= 11 is 0. The Bertz CT molecular complexity index is 1050. The summed E-state index contributed by atoms with van der Waals surface area (Å²) in [5, 5.41) is 11.9. The number of aliphatic carboxylic acids is 1. The van der Waals surface area contributed by atoms with Gasteiger partial charge < -0.3 is 19.4 Å². The van der Waals surface area contributed by atoms with Crippen molar-refractivity contribution in [2.24, 2.45) is 0 Å². The van der Waals surface area contributed by atoms with Gasteiger partial charge in [0.2, 0.25) is 0 Å². The highest BCUT2D eigenvalue weighted by Crippen LogP contribution is 2.37. The van der Waals surface area contributed by atoms with Crippen molar-refractivity contribution in [3.63, 3.8) is 0 Å². The van der Waals surface area contributed by atoms with Crippen molar-refractivity contribution in [3.05, 3.63) is 65.9 Å². The van der Waals surface area contributed by atoms with Crippen molar-refractivity contribution in [3.8, 4) is 0 Å². The number of nitrogens with zero attached hydrogens (tertiary/aromatic N) is 2. The molecule has 0 bridgehead atoms. The van der Waals surface area contributed by atoms with Crippen LogP contribution in [-0.4, -0.2) is 23.5 Å². The van der Waals surface area contributed by atoms with E-state index in [0.29, 0.717) is 5.57 Å². The number of para-hydroxylation sites is 2. The van der Waals surface area contributed by atoms with Gasteiger partial charge in [0.1, 0.15) is 0 Å². The number of carbonyl (C=O) groups excluding carboxylic acids is 2. The van der Waals surface area contributed by atoms with E-state index in [4.69, 9.17) is 0 Å². The van der Waals surface area contributed by atoms with Crippen LogP contribution in [0, 0.1) is 0 Å². The molecule has 0 unspecified atom stereocenters. The van der Waals surface area contributed by atoms with E-state index in [1.54, 1.807) is 22.7 Å². The van der Waals surface area contributed by atoms with Crippen LogP contribution >= 0.6 is 0 Å². The summed E-state index contributed by atoms with van der Waals surface area (Å²) in [6.07, 6.45) is 3.58. The molecule has 0 aliphatic carbocycles. The number of rotatable bonds is 3. The first-order chi connectivity index (χ1) is 12.1. The maximum atomic E-state index is 12.6. The summed E-state index contributed by atoms with van der Waals surface area (Å²) in [5.41, 5.74) is 3.97. The number of fused-ring (bicyclic) bond motifs is 2. The normalized spacial score (nSPS) is 15.2. The molecule has 25 heavy (non-hydrogen) atoms. The largest absolute Gasteiger partial charge is 0.548 e. The van der Waals surface area contributed by atoms with Gasteiger partial charge in [-0.2, -0.15) is 0 Å². The Morgan fingerprint density at radius 3 is 2.64 bits per heavy atom. The average molecular weight is 331 g/mol. The monoisotopic (exact) mass is 331 g/mol. The van der Waals surface area contributed by atoms with Crippen molar-refractivity contribution in [2.75, 3.05) is 11.9 Å². The summed E-state index contributed by atoms with van der Waals surface area (Å²) in [7, 11) is 1.75. The third-order valence-corrected chi connectivity index (χ3v) is 4.51. The Morgan fingerprint density at radius 1 is 1.12 bits per heavy atom. The van der Waals surface area contributed by atoms with Crippen LogP contribution < -0.4 is 10.0 Å². The standard InChI is InChI=1S/C20H16N2O3/c1-21-17-8-4-3-7-15(17)16(20(21)25)10-13-11-22(12-19(23)24)18-9-5-2-6-14(13)18/h2-11H,12H2,1H3,(H,23,24)/p-1/b16-10+. The van der Waals surface area contributed by atoms with E-state index in [1.807, 2.05) is 54.6 Å². The van der Waals surface area contributed by atoms with Crippen LogP contribution in [0.1, 0.15) is 11.1 Å². The highest BCUT2D eigenvalue weighted by Gasteiger charge is 2.29. The molecule has 1 aliphatic heterocycles. The zero-order valence-corrected chi connectivity index (χ0v) is 13.6. The Labute approximate surface area is 144 Å². The minimum atomic E-state index is -1.15. The summed E-state index contributed by atoms with van der Waals surface area (Å²) in [4.78, 5) is 25.3. The van der Waals surface area contributed by atoms with E-state index in [9.17, 15) is 14.7 Å². The molecule has 5 heteroatoms. The van der Waals surface area contributed by atoms with Crippen molar-refractivity contribution >= 4 is 40.1 Å². The molecule has 3 aromatic rings. The quantitative estimate of drug-likeness (QED) is 0.689. The molecule has 124 valence electrons. The fraction of sp³-hybridized carbons (Fsp3) is 0.100. The van der Waals surface area contributed by atoms with Gasteiger partial charge in [0.25, 0.3) is 5.91 Å². The van der Waals surface area contributed by atoms with Gasteiger partial charge in [-0.3, -0.25) is 4.79 Å². The minimum Gasteiger partial charge on any atom is -0.548 e. The van der Waals surface area contributed by atoms with Crippen molar-refractivity contribution < 1.29 is 14.7 Å². The van der Waals surface area contributed by atoms with E-state index in [2.05, 4.69) is 0 Å². The van der Waals surface area contributed by atoms with Gasteiger partial charge in [0.05, 0.1) is 18.2 Å². The number of aromatic nitrogens is 1. The van der Waals surface area contributed by atoms with Crippen LogP contribution in [0.15, 0.2) is 54.7 Å². The average Bonchev–Trinajstić information content (AvgIpc) is 3.06. The zero-order chi connectivity index (χ0) is 17.6. The second-order valence-electron chi connectivity index (χ2n) is 6.04. The number of hydrogen-bond donors (Lipinski definition) is 0. The first-order valence-electron chi connectivity index (χ1n) is 7.93. The molecule has 0 fully saturated rings.